The lowest BCUT2D eigenvalue weighted by atomic mass is 10.2. The quantitative estimate of drug-likeness (QED) is 0.613. The van der Waals surface area contributed by atoms with Gasteiger partial charge in [0.1, 0.15) is 0 Å². The number of benzene rings is 2. The topological polar surface area (TPSA) is 105 Å². The third-order valence-corrected chi connectivity index (χ3v) is 4.17. The highest BCUT2D eigenvalue weighted by molar-refractivity contribution is 6.31. The van der Waals surface area contributed by atoms with Crippen LogP contribution in [0.3, 0.4) is 0 Å². The lowest BCUT2D eigenvalue weighted by Crippen LogP contribution is -2.36. The molecule has 0 saturated heterocycles. The summed E-state index contributed by atoms with van der Waals surface area (Å²) in [7, 11) is 1.50. The molecule has 0 heterocycles. The van der Waals surface area contributed by atoms with Gasteiger partial charge in [-0.05, 0) is 49.5 Å². The van der Waals surface area contributed by atoms with E-state index in [2.05, 4.69) is 10.6 Å². The molecule has 0 fully saturated rings. The number of likely N-dealkylation sites (N-methyl/N-ethyl adjacent to an activating group) is 1. The van der Waals surface area contributed by atoms with Crippen LogP contribution in [0.5, 0.6) is 0 Å². The molecule has 160 valence electrons. The van der Waals surface area contributed by atoms with Crippen molar-refractivity contribution in [2.45, 2.75) is 6.18 Å². The smallest absolute Gasteiger partial charge is 0.366 e. The molecule has 2 rings (SSSR count). The van der Waals surface area contributed by atoms with Crippen LogP contribution in [0.4, 0.5) is 24.5 Å². The minimum Gasteiger partial charge on any atom is -0.366 e. The highest BCUT2D eigenvalue weighted by Gasteiger charge is 2.33. The van der Waals surface area contributed by atoms with Crippen LogP contribution in [-0.4, -0.2) is 42.8 Å². The Balaban J connectivity index is 1.88. The number of primary amides is 1. The van der Waals surface area contributed by atoms with E-state index in [1.165, 1.54) is 42.3 Å². The number of anilines is 2. The predicted molar refractivity (Wildman–Crippen MR) is 106 cm³/mol. The highest BCUT2D eigenvalue weighted by Crippen LogP contribution is 2.36. The zero-order valence-corrected chi connectivity index (χ0v) is 16.5. The first-order valence-corrected chi connectivity index (χ1v) is 8.88. The van der Waals surface area contributed by atoms with Gasteiger partial charge in [-0.3, -0.25) is 19.3 Å². The van der Waals surface area contributed by atoms with Gasteiger partial charge in [0.15, 0.2) is 0 Å². The molecule has 2 aromatic rings. The third kappa shape index (κ3) is 6.75. The maximum Gasteiger partial charge on any atom is 0.417 e. The van der Waals surface area contributed by atoms with Gasteiger partial charge < -0.3 is 16.4 Å². The van der Waals surface area contributed by atoms with Gasteiger partial charge in [-0.2, -0.15) is 13.2 Å². The molecule has 0 atom stereocenters. The number of hydrogen-bond donors (Lipinski definition) is 3. The van der Waals surface area contributed by atoms with Gasteiger partial charge >= 0.3 is 6.18 Å². The Kier molecular flexibility index (Phi) is 7.41. The molecule has 0 bridgehead atoms. The van der Waals surface area contributed by atoms with Crippen molar-refractivity contribution in [1.82, 2.24) is 4.90 Å². The van der Waals surface area contributed by atoms with Crippen molar-refractivity contribution < 1.29 is 27.6 Å². The number of alkyl halides is 3. The second kappa shape index (κ2) is 9.59. The number of carbonyl (C=O) groups excluding carboxylic acids is 3. The summed E-state index contributed by atoms with van der Waals surface area (Å²) in [5.41, 5.74) is 4.74. The summed E-state index contributed by atoms with van der Waals surface area (Å²) in [6.45, 7) is -0.391. The molecule has 30 heavy (non-hydrogen) atoms. The Bertz CT molecular complexity index is 949. The lowest BCUT2D eigenvalue weighted by molar-refractivity contribution is -0.137. The largest absolute Gasteiger partial charge is 0.417 e. The number of amides is 3. The summed E-state index contributed by atoms with van der Waals surface area (Å²) in [5.74, 6) is -1.63. The highest BCUT2D eigenvalue weighted by atomic mass is 35.5. The van der Waals surface area contributed by atoms with Gasteiger partial charge in [-0.15, -0.1) is 0 Å². The number of nitrogens with two attached hydrogens (primary N) is 1. The number of nitrogens with one attached hydrogen (secondary N) is 2. The average molecular weight is 443 g/mol. The van der Waals surface area contributed by atoms with Crippen molar-refractivity contribution in [3.05, 3.63) is 58.6 Å². The second-order valence-corrected chi connectivity index (χ2v) is 6.81. The van der Waals surface area contributed by atoms with Crippen LogP contribution in [0.1, 0.15) is 15.9 Å². The van der Waals surface area contributed by atoms with Crippen LogP contribution in [0, 0.1) is 0 Å². The molecule has 0 saturated carbocycles. The van der Waals surface area contributed by atoms with Crippen molar-refractivity contribution in [3.8, 4) is 0 Å². The van der Waals surface area contributed by atoms with E-state index in [4.69, 9.17) is 17.3 Å². The van der Waals surface area contributed by atoms with Gasteiger partial charge in [0, 0.05) is 16.9 Å². The summed E-state index contributed by atoms with van der Waals surface area (Å²) in [5, 5.41) is 4.45. The standard InChI is InChI=1S/C19H18ClF3N4O3/c1-27(9-16(28)25-12-4-2-11(3-5-12)18(24)30)10-17(29)26-13-6-7-15(20)14(8-13)19(21,22)23/h2-8H,9-10H2,1H3,(H2,24,30)(H,25,28)(H,26,29). The van der Waals surface area contributed by atoms with Crippen LogP contribution in [0.15, 0.2) is 42.5 Å². The normalized spacial score (nSPS) is 11.3. The van der Waals surface area contributed by atoms with Gasteiger partial charge in [0.2, 0.25) is 17.7 Å². The van der Waals surface area contributed by atoms with Crippen LogP contribution in [-0.2, 0) is 15.8 Å². The summed E-state index contributed by atoms with van der Waals surface area (Å²) >= 11 is 5.54. The van der Waals surface area contributed by atoms with Crippen LogP contribution in [0.2, 0.25) is 5.02 Å². The minimum atomic E-state index is -4.65. The monoisotopic (exact) mass is 442 g/mol. The zero-order chi connectivity index (χ0) is 22.5. The second-order valence-electron chi connectivity index (χ2n) is 6.40. The van der Waals surface area contributed by atoms with E-state index in [0.717, 1.165) is 12.1 Å². The molecule has 2 aromatic carbocycles. The van der Waals surface area contributed by atoms with Crippen molar-refractivity contribution in [2.75, 3.05) is 30.8 Å². The molecule has 0 aromatic heterocycles. The number of hydrogen-bond acceptors (Lipinski definition) is 4. The van der Waals surface area contributed by atoms with E-state index in [1.54, 1.807) is 0 Å². The fourth-order valence-electron chi connectivity index (χ4n) is 2.49. The molecule has 4 N–H and O–H groups in total. The maximum atomic E-state index is 12.9. The molecule has 0 aliphatic rings. The van der Waals surface area contributed by atoms with Gasteiger partial charge in [-0.1, -0.05) is 11.6 Å². The number of rotatable bonds is 7. The van der Waals surface area contributed by atoms with E-state index < -0.39 is 34.5 Å². The number of nitrogens with zero attached hydrogens (tertiary/aromatic N) is 1. The van der Waals surface area contributed by atoms with Crippen LogP contribution in [0.25, 0.3) is 0 Å². The summed E-state index contributed by atoms with van der Waals surface area (Å²) in [6.07, 6.45) is -4.65. The van der Waals surface area contributed by atoms with Crippen LogP contribution < -0.4 is 16.4 Å². The van der Waals surface area contributed by atoms with Crippen molar-refractivity contribution in [2.24, 2.45) is 5.73 Å². The Morgan fingerprint density at radius 3 is 1.97 bits per heavy atom. The Morgan fingerprint density at radius 2 is 1.47 bits per heavy atom. The van der Waals surface area contributed by atoms with Crippen molar-refractivity contribution in [3.63, 3.8) is 0 Å². The molecule has 0 aliphatic carbocycles. The average Bonchev–Trinajstić information content (AvgIpc) is 2.62. The molecule has 0 radical (unpaired) electrons. The molecule has 11 heteroatoms. The Labute approximate surface area is 175 Å². The van der Waals surface area contributed by atoms with Crippen molar-refractivity contribution in [1.29, 1.82) is 0 Å². The number of halogens is 4. The van der Waals surface area contributed by atoms with E-state index in [9.17, 15) is 27.6 Å². The molecule has 0 spiro atoms. The van der Waals surface area contributed by atoms with E-state index in [0.29, 0.717) is 5.69 Å². The summed E-state index contributed by atoms with van der Waals surface area (Å²) in [6, 6.07) is 8.95. The van der Waals surface area contributed by atoms with Gasteiger partial charge in [0.25, 0.3) is 0 Å². The molecule has 3 amide bonds. The SMILES string of the molecule is CN(CC(=O)Nc1ccc(C(N)=O)cc1)CC(=O)Nc1ccc(Cl)c(C(F)(F)F)c1. The molecular weight excluding hydrogens is 425 g/mol. The molecule has 7 nitrogen and oxygen atoms in total. The summed E-state index contributed by atoms with van der Waals surface area (Å²) in [4.78, 5) is 36.5. The summed E-state index contributed by atoms with van der Waals surface area (Å²) < 4.78 is 38.7. The third-order valence-electron chi connectivity index (χ3n) is 3.84. The fraction of sp³-hybridized carbons (Fsp3) is 0.211. The first kappa shape index (κ1) is 23.2. The Hall–Kier alpha value is -3.11. The van der Waals surface area contributed by atoms with Crippen molar-refractivity contribution >= 4 is 40.7 Å². The first-order chi connectivity index (χ1) is 14.0. The van der Waals surface area contributed by atoms with E-state index in [1.807, 2.05) is 0 Å². The first-order valence-electron chi connectivity index (χ1n) is 8.50. The predicted octanol–water partition coefficient (Wildman–Crippen LogP) is 2.97. The Morgan fingerprint density at radius 1 is 0.967 bits per heavy atom. The van der Waals surface area contributed by atoms with E-state index >= 15 is 0 Å². The van der Waals surface area contributed by atoms with Gasteiger partial charge in [-0.25, -0.2) is 0 Å². The lowest BCUT2D eigenvalue weighted by Gasteiger charge is -2.17. The zero-order valence-electron chi connectivity index (χ0n) is 15.7. The maximum absolute atomic E-state index is 12.9. The number of carbonyl (C=O) groups is 3. The fourth-order valence-corrected chi connectivity index (χ4v) is 2.71. The molecular formula is C19H18ClF3N4O3. The molecule has 0 aliphatic heterocycles. The van der Waals surface area contributed by atoms with E-state index in [-0.39, 0.29) is 24.3 Å². The molecule has 0 unspecified atom stereocenters. The van der Waals surface area contributed by atoms with Gasteiger partial charge in [0.05, 0.1) is 23.7 Å². The minimum absolute atomic E-state index is 0.0656. The van der Waals surface area contributed by atoms with Crippen LogP contribution >= 0.6 is 11.6 Å².